The van der Waals surface area contributed by atoms with Crippen LogP contribution in [0.25, 0.3) is 0 Å². The van der Waals surface area contributed by atoms with Crippen LogP contribution < -0.4 is 11.2 Å². The molecule has 0 amide bonds. The zero-order valence-electron chi connectivity index (χ0n) is 12.6. The molecule has 0 aromatic carbocycles. The van der Waals surface area contributed by atoms with Gasteiger partial charge in [-0.15, -0.1) is 0 Å². The van der Waals surface area contributed by atoms with E-state index in [1.54, 1.807) is 20.8 Å². The summed E-state index contributed by atoms with van der Waals surface area (Å²) in [5, 5.41) is 0. The predicted octanol–water partition coefficient (Wildman–Crippen LogP) is 1.24. The summed E-state index contributed by atoms with van der Waals surface area (Å²) in [5.41, 5.74) is -0.615. The summed E-state index contributed by atoms with van der Waals surface area (Å²) in [5.74, 6) is -0.582. The molecule has 0 saturated heterocycles. The van der Waals surface area contributed by atoms with Crippen molar-refractivity contribution < 1.29 is 9.53 Å². The first-order chi connectivity index (χ1) is 9.23. The van der Waals surface area contributed by atoms with Gasteiger partial charge in [0.25, 0.3) is 5.56 Å². The minimum absolute atomic E-state index is 0.194. The predicted molar refractivity (Wildman–Crippen MR) is 75.7 cm³/mol. The number of hydrogen-bond donors (Lipinski definition) is 1. The lowest BCUT2D eigenvalue weighted by atomic mass is 10.0. The molecular formula is C14H22N2O4. The summed E-state index contributed by atoms with van der Waals surface area (Å²) in [6, 6.07) is 0.387. The van der Waals surface area contributed by atoms with Crippen molar-refractivity contribution >= 4 is 5.97 Å². The van der Waals surface area contributed by atoms with Gasteiger partial charge in [0.2, 0.25) is 0 Å². The highest BCUT2D eigenvalue weighted by Gasteiger charge is 2.28. The van der Waals surface area contributed by atoms with Gasteiger partial charge in [-0.05, 0) is 18.8 Å². The molecule has 1 atom stereocenters. The average molecular weight is 282 g/mol. The largest absolute Gasteiger partial charge is 0.464 e. The third-order valence-electron chi connectivity index (χ3n) is 2.81. The number of aromatic amines is 1. The highest BCUT2D eigenvalue weighted by atomic mass is 16.5. The molecule has 0 saturated carbocycles. The van der Waals surface area contributed by atoms with E-state index < -0.39 is 23.3 Å². The first-order valence-corrected chi connectivity index (χ1v) is 6.73. The van der Waals surface area contributed by atoms with E-state index in [9.17, 15) is 14.4 Å². The first kappa shape index (κ1) is 16.2. The molecule has 1 N–H and O–H groups in total. The van der Waals surface area contributed by atoms with Crippen LogP contribution in [-0.4, -0.2) is 22.1 Å². The molecule has 1 rings (SSSR count). The second-order valence-corrected chi connectivity index (χ2v) is 5.68. The van der Waals surface area contributed by atoms with Crippen LogP contribution in [0.5, 0.6) is 0 Å². The van der Waals surface area contributed by atoms with E-state index in [0.717, 1.165) is 4.57 Å². The smallest absolute Gasteiger partial charge is 0.329 e. The summed E-state index contributed by atoms with van der Waals surface area (Å²) < 4.78 is 6.10. The molecule has 0 radical (unpaired) electrons. The van der Waals surface area contributed by atoms with Crippen molar-refractivity contribution in [2.45, 2.75) is 40.7 Å². The van der Waals surface area contributed by atoms with E-state index in [1.807, 2.05) is 13.8 Å². The first-order valence-electron chi connectivity index (χ1n) is 6.73. The Kier molecular flexibility index (Phi) is 5.30. The molecule has 0 fully saturated rings. The Morgan fingerprint density at radius 2 is 1.90 bits per heavy atom. The number of H-pyrrole nitrogens is 1. The molecule has 0 spiro atoms. The zero-order chi connectivity index (χ0) is 15.4. The third-order valence-corrected chi connectivity index (χ3v) is 2.81. The summed E-state index contributed by atoms with van der Waals surface area (Å²) in [4.78, 5) is 38.6. The van der Waals surface area contributed by atoms with Gasteiger partial charge in [0.05, 0.1) is 6.61 Å². The van der Waals surface area contributed by atoms with Gasteiger partial charge in [0.1, 0.15) is 6.04 Å². The number of nitrogens with one attached hydrogen (secondary N) is 1. The van der Waals surface area contributed by atoms with Crippen LogP contribution in [0, 0.1) is 18.8 Å². The van der Waals surface area contributed by atoms with Crippen LogP contribution in [0.3, 0.4) is 0 Å². The fourth-order valence-electron chi connectivity index (χ4n) is 1.89. The molecule has 0 aliphatic carbocycles. The van der Waals surface area contributed by atoms with Gasteiger partial charge in [0, 0.05) is 11.8 Å². The maximum Gasteiger partial charge on any atom is 0.329 e. The average Bonchev–Trinajstić information content (AvgIpc) is 2.29. The molecule has 20 heavy (non-hydrogen) atoms. The van der Waals surface area contributed by atoms with Crippen molar-refractivity contribution in [2.24, 2.45) is 11.8 Å². The molecule has 0 aliphatic heterocycles. The number of carbonyl (C=O) groups is 1. The second-order valence-electron chi connectivity index (χ2n) is 5.68. The van der Waals surface area contributed by atoms with Crippen molar-refractivity contribution in [3.8, 4) is 0 Å². The minimum atomic E-state index is -0.911. The van der Waals surface area contributed by atoms with Crippen molar-refractivity contribution in [1.29, 1.82) is 0 Å². The van der Waals surface area contributed by atoms with Gasteiger partial charge in [-0.25, -0.2) is 14.2 Å². The van der Waals surface area contributed by atoms with Crippen molar-refractivity contribution in [1.82, 2.24) is 9.55 Å². The quantitative estimate of drug-likeness (QED) is 0.824. The van der Waals surface area contributed by atoms with Crippen molar-refractivity contribution in [3.05, 3.63) is 32.6 Å². The second kappa shape index (κ2) is 6.54. The SMILES string of the molecule is Cc1cc(=O)n([C@H](C(=O)OCC(C)C)C(C)C)c(=O)[nH]1. The molecule has 1 aromatic rings. The fraction of sp³-hybridized carbons (Fsp3) is 0.643. The van der Waals surface area contributed by atoms with E-state index in [0.29, 0.717) is 5.69 Å². The van der Waals surface area contributed by atoms with Gasteiger partial charge in [0.15, 0.2) is 0 Å². The number of aryl methyl sites for hydroxylation is 1. The van der Waals surface area contributed by atoms with Gasteiger partial charge in [-0.2, -0.15) is 0 Å². The van der Waals surface area contributed by atoms with Gasteiger partial charge >= 0.3 is 11.7 Å². The minimum Gasteiger partial charge on any atom is -0.464 e. The number of esters is 1. The standard InChI is InChI=1S/C14H22N2O4/c1-8(2)7-20-13(18)12(9(3)4)16-11(17)6-10(5)15-14(16)19/h6,8-9,12H,7H2,1-5H3,(H,15,19)/t12-/m0/s1. The lowest BCUT2D eigenvalue weighted by Gasteiger charge is -2.21. The number of nitrogens with zero attached hydrogens (tertiary/aromatic N) is 1. The monoisotopic (exact) mass is 282 g/mol. The number of carbonyl (C=O) groups excluding carboxylic acids is 1. The highest BCUT2D eigenvalue weighted by Crippen LogP contribution is 2.16. The van der Waals surface area contributed by atoms with Crippen LogP contribution in [0.4, 0.5) is 0 Å². The lowest BCUT2D eigenvalue weighted by Crippen LogP contribution is -2.43. The topological polar surface area (TPSA) is 81.2 Å². The van der Waals surface area contributed by atoms with E-state index in [4.69, 9.17) is 4.74 Å². The van der Waals surface area contributed by atoms with Crippen LogP contribution in [0.2, 0.25) is 0 Å². The van der Waals surface area contributed by atoms with E-state index >= 15 is 0 Å². The summed E-state index contributed by atoms with van der Waals surface area (Å²) in [6.45, 7) is 9.26. The van der Waals surface area contributed by atoms with Gasteiger partial charge in [-0.3, -0.25) is 4.79 Å². The van der Waals surface area contributed by atoms with Gasteiger partial charge < -0.3 is 9.72 Å². The summed E-state index contributed by atoms with van der Waals surface area (Å²) >= 11 is 0. The Morgan fingerprint density at radius 1 is 1.30 bits per heavy atom. The van der Waals surface area contributed by atoms with Crippen LogP contribution in [0.1, 0.15) is 39.4 Å². The third kappa shape index (κ3) is 3.82. The van der Waals surface area contributed by atoms with E-state index in [-0.39, 0.29) is 18.4 Å². The van der Waals surface area contributed by atoms with Crippen LogP contribution in [0.15, 0.2) is 15.7 Å². The fourth-order valence-corrected chi connectivity index (χ4v) is 1.89. The number of rotatable bonds is 5. The van der Waals surface area contributed by atoms with E-state index in [2.05, 4.69) is 4.98 Å². The molecule has 0 unspecified atom stereocenters. The normalized spacial score (nSPS) is 12.8. The molecule has 6 heteroatoms. The molecule has 112 valence electrons. The summed E-state index contributed by atoms with van der Waals surface area (Å²) in [6.07, 6.45) is 0. The number of aromatic nitrogens is 2. The Bertz CT molecular complexity index is 552. The molecule has 0 bridgehead atoms. The molecule has 1 heterocycles. The molecule has 1 aromatic heterocycles. The number of ether oxygens (including phenoxy) is 1. The molecular weight excluding hydrogens is 260 g/mol. The maximum atomic E-state index is 12.1. The molecule has 0 aliphatic rings. The van der Waals surface area contributed by atoms with Gasteiger partial charge in [-0.1, -0.05) is 27.7 Å². The Hall–Kier alpha value is -1.85. The maximum absolute atomic E-state index is 12.1. The highest BCUT2D eigenvalue weighted by molar-refractivity contribution is 5.74. The number of hydrogen-bond acceptors (Lipinski definition) is 4. The lowest BCUT2D eigenvalue weighted by molar-refractivity contribution is -0.150. The Morgan fingerprint density at radius 3 is 2.35 bits per heavy atom. The van der Waals surface area contributed by atoms with Crippen LogP contribution >= 0.6 is 0 Å². The Labute approximate surface area is 117 Å². The summed E-state index contributed by atoms with van der Waals surface area (Å²) in [7, 11) is 0. The van der Waals surface area contributed by atoms with Crippen molar-refractivity contribution in [3.63, 3.8) is 0 Å². The van der Waals surface area contributed by atoms with Crippen LogP contribution in [-0.2, 0) is 9.53 Å². The van der Waals surface area contributed by atoms with Crippen molar-refractivity contribution in [2.75, 3.05) is 6.61 Å². The molecule has 6 nitrogen and oxygen atoms in total. The zero-order valence-corrected chi connectivity index (χ0v) is 12.6. The van der Waals surface area contributed by atoms with E-state index in [1.165, 1.54) is 6.07 Å². The Balaban J connectivity index is 3.19.